The molecule has 4 rings (SSSR count). The molecule has 2 aromatic carbocycles. The fraction of sp³-hybridized carbons (Fsp3) is 0.400. The van der Waals surface area contributed by atoms with Gasteiger partial charge in [0.25, 0.3) is 5.91 Å². The van der Waals surface area contributed by atoms with E-state index in [1.54, 1.807) is 18.2 Å². The SMILES string of the molecule is CC(SCCc1cccs1)N1CCN(CCNC(=O)c2cc3cccc(O)c3cc2O)CC1. The van der Waals surface area contributed by atoms with Gasteiger partial charge < -0.3 is 15.5 Å². The zero-order valence-corrected chi connectivity index (χ0v) is 20.5. The number of nitrogens with zero attached hydrogens (tertiary/aromatic N) is 2. The Morgan fingerprint density at radius 2 is 1.94 bits per heavy atom. The minimum Gasteiger partial charge on any atom is -0.507 e. The number of carbonyl (C=O) groups excluding carboxylic acids is 1. The third-order valence-electron chi connectivity index (χ3n) is 6.14. The summed E-state index contributed by atoms with van der Waals surface area (Å²) in [5.41, 5.74) is 0.228. The molecule has 1 saturated heterocycles. The van der Waals surface area contributed by atoms with Crippen LogP contribution in [0.4, 0.5) is 0 Å². The largest absolute Gasteiger partial charge is 0.507 e. The van der Waals surface area contributed by atoms with Gasteiger partial charge in [0.1, 0.15) is 11.5 Å². The number of hydrogen-bond donors (Lipinski definition) is 3. The molecule has 1 fully saturated rings. The van der Waals surface area contributed by atoms with E-state index in [-0.39, 0.29) is 23.0 Å². The molecule has 1 aliphatic heterocycles. The molecule has 0 radical (unpaired) electrons. The van der Waals surface area contributed by atoms with Crippen LogP contribution in [-0.4, -0.2) is 76.3 Å². The van der Waals surface area contributed by atoms with Gasteiger partial charge in [-0.25, -0.2) is 0 Å². The number of thiophene rings is 1. The lowest BCUT2D eigenvalue weighted by molar-refractivity contribution is 0.0932. The number of benzene rings is 2. The fourth-order valence-corrected chi connectivity index (χ4v) is 6.08. The van der Waals surface area contributed by atoms with Gasteiger partial charge in [0, 0.05) is 49.5 Å². The van der Waals surface area contributed by atoms with Crippen molar-refractivity contribution in [3.05, 3.63) is 58.3 Å². The first-order chi connectivity index (χ1) is 16.0. The van der Waals surface area contributed by atoms with Crippen molar-refractivity contribution in [2.24, 2.45) is 0 Å². The summed E-state index contributed by atoms with van der Waals surface area (Å²) in [5.74, 6) is 0.812. The zero-order valence-electron chi connectivity index (χ0n) is 18.9. The van der Waals surface area contributed by atoms with Crippen molar-refractivity contribution in [1.82, 2.24) is 15.1 Å². The third kappa shape index (κ3) is 6.20. The summed E-state index contributed by atoms with van der Waals surface area (Å²) >= 11 is 3.86. The number of thioether (sulfide) groups is 1. The number of hydrogen-bond acceptors (Lipinski definition) is 7. The van der Waals surface area contributed by atoms with Gasteiger partial charge in [-0.3, -0.25) is 14.6 Å². The molecule has 6 nitrogen and oxygen atoms in total. The molecule has 176 valence electrons. The van der Waals surface area contributed by atoms with Crippen molar-refractivity contribution in [3.63, 3.8) is 0 Å². The summed E-state index contributed by atoms with van der Waals surface area (Å²) in [4.78, 5) is 19.0. The molecular weight excluding hydrogens is 454 g/mol. The third-order valence-corrected chi connectivity index (χ3v) is 8.30. The second-order valence-electron chi connectivity index (χ2n) is 8.30. The standard InChI is InChI=1S/C25H31N3O3S2/c1-18(32-15-7-20-5-3-14-33-20)28-12-10-27(11-13-28)9-8-26-25(31)22-16-19-4-2-6-23(29)21(19)17-24(22)30/h2-6,14,16-18,29-30H,7-13,15H2,1H3,(H,26,31). The number of phenolic OH excluding ortho intramolecular Hbond substituents is 2. The van der Waals surface area contributed by atoms with Crippen LogP contribution in [0.5, 0.6) is 11.5 Å². The van der Waals surface area contributed by atoms with Crippen molar-refractivity contribution >= 4 is 39.8 Å². The van der Waals surface area contributed by atoms with Gasteiger partial charge in [0.05, 0.1) is 10.9 Å². The van der Waals surface area contributed by atoms with E-state index in [4.69, 9.17) is 0 Å². The van der Waals surface area contributed by atoms with Crippen LogP contribution >= 0.6 is 23.1 Å². The maximum absolute atomic E-state index is 12.6. The lowest BCUT2D eigenvalue weighted by Crippen LogP contribution is -2.50. The van der Waals surface area contributed by atoms with E-state index in [0.29, 0.717) is 17.3 Å². The van der Waals surface area contributed by atoms with E-state index in [9.17, 15) is 15.0 Å². The van der Waals surface area contributed by atoms with Gasteiger partial charge in [-0.1, -0.05) is 18.2 Å². The Kier molecular flexibility index (Phi) is 8.14. The Bertz CT molecular complexity index is 1070. The summed E-state index contributed by atoms with van der Waals surface area (Å²) in [5, 5.41) is 27.0. The number of nitrogens with one attached hydrogen (secondary N) is 1. The summed E-state index contributed by atoms with van der Waals surface area (Å²) in [6.07, 6.45) is 1.14. The number of fused-ring (bicyclic) bond motifs is 1. The van der Waals surface area contributed by atoms with Gasteiger partial charge in [-0.05, 0) is 54.1 Å². The Hall–Kier alpha value is -2.26. The van der Waals surface area contributed by atoms with Gasteiger partial charge >= 0.3 is 0 Å². The number of amides is 1. The molecule has 1 amide bonds. The van der Waals surface area contributed by atoms with Crippen LogP contribution in [0.3, 0.4) is 0 Å². The average Bonchev–Trinajstić information content (AvgIpc) is 3.33. The first-order valence-electron chi connectivity index (χ1n) is 11.3. The maximum Gasteiger partial charge on any atom is 0.255 e. The van der Waals surface area contributed by atoms with Crippen LogP contribution in [0.15, 0.2) is 47.8 Å². The van der Waals surface area contributed by atoms with E-state index in [2.05, 4.69) is 39.6 Å². The van der Waals surface area contributed by atoms with Crippen molar-refractivity contribution in [2.45, 2.75) is 18.7 Å². The molecule has 1 atom stereocenters. The van der Waals surface area contributed by atoms with E-state index in [0.717, 1.165) is 50.3 Å². The van der Waals surface area contributed by atoms with Crippen molar-refractivity contribution < 1.29 is 15.0 Å². The minimum absolute atomic E-state index is 0.0872. The molecule has 1 unspecified atom stereocenters. The van der Waals surface area contributed by atoms with Crippen LogP contribution in [0, 0.1) is 0 Å². The molecule has 0 spiro atoms. The highest BCUT2D eigenvalue weighted by molar-refractivity contribution is 7.99. The monoisotopic (exact) mass is 485 g/mol. The molecule has 3 aromatic rings. The van der Waals surface area contributed by atoms with Crippen molar-refractivity contribution in [2.75, 3.05) is 45.0 Å². The Balaban J connectivity index is 1.18. The molecule has 0 aliphatic carbocycles. The predicted octanol–water partition coefficient (Wildman–Crippen LogP) is 3.98. The second kappa shape index (κ2) is 11.2. The van der Waals surface area contributed by atoms with Crippen LogP contribution in [0.2, 0.25) is 0 Å². The Morgan fingerprint density at radius 3 is 2.70 bits per heavy atom. The molecule has 1 aliphatic rings. The Labute approximate surface area is 203 Å². The maximum atomic E-state index is 12.6. The smallest absolute Gasteiger partial charge is 0.255 e. The number of carbonyl (C=O) groups is 1. The highest BCUT2D eigenvalue weighted by Gasteiger charge is 2.21. The molecule has 1 aromatic heterocycles. The van der Waals surface area contributed by atoms with Crippen LogP contribution in [-0.2, 0) is 6.42 Å². The molecule has 33 heavy (non-hydrogen) atoms. The topological polar surface area (TPSA) is 76.0 Å². The quantitative estimate of drug-likeness (QED) is 0.426. The lowest BCUT2D eigenvalue weighted by Gasteiger charge is -2.37. The normalized spacial score (nSPS) is 16.2. The highest BCUT2D eigenvalue weighted by Crippen LogP contribution is 2.30. The lowest BCUT2D eigenvalue weighted by atomic mass is 10.0. The zero-order chi connectivity index (χ0) is 23.2. The van der Waals surface area contributed by atoms with Crippen molar-refractivity contribution in [3.8, 4) is 11.5 Å². The van der Waals surface area contributed by atoms with Gasteiger partial charge in [0.15, 0.2) is 0 Å². The molecule has 0 bridgehead atoms. The highest BCUT2D eigenvalue weighted by atomic mass is 32.2. The van der Waals surface area contributed by atoms with Gasteiger partial charge in [0.2, 0.25) is 0 Å². The summed E-state index contributed by atoms with van der Waals surface area (Å²) in [6.45, 7) is 7.67. The fourth-order valence-electron chi connectivity index (χ4n) is 4.14. The number of aryl methyl sites for hydroxylation is 1. The number of phenols is 2. The van der Waals surface area contributed by atoms with E-state index >= 15 is 0 Å². The van der Waals surface area contributed by atoms with E-state index in [1.807, 2.05) is 29.2 Å². The van der Waals surface area contributed by atoms with E-state index in [1.165, 1.54) is 10.9 Å². The first kappa shape index (κ1) is 23.9. The van der Waals surface area contributed by atoms with Crippen LogP contribution in [0.25, 0.3) is 10.8 Å². The second-order valence-corrected chi connectivity index (χ2v) is 10.8. The molecule has 8 heteroatoms. The summed E-state index contributed by atoms with van der Waals surface area (Å²) in [6, 6.07) is 12.5. The van der Waals surface area contributed by atoms with Crippen molar-refractivity contribution in [1.29, 1.82) is 0 Å². The summed E-state index contributed by atoms with van der Waals surface area (Å²) in [7, 11) is 0. The average molecular weight is 486 g/mol. The van der Waals surface area contributed by atoms with Crippen LogP contribution < -0.4 is 5.32 Å². The number of piperazine rings is 1. The van der Waals surface area contributed by atoms with Crippen LogP contribution in [0.1, 0.15) is 22.2 Å². The molecular formula is C25H31N3O3S2. The first-order valence-corrected chi connectivity index (χ1v) is 13.3. The summed E-state index contributed by atoms with van der Waals surface area (Å²) < 4.78 is 0. The molecule has 3 N–H and O–H groups in total. The molecule has 0 saturated carbocycles. The minimum atomic E-state index is -0.299. The van der Waals surface area contributed by atoms with Gasteiger partial charge in [-0.15, -0.1) is 23.1 Å². The molecule has 2 heterocycles. The predicted molar refractivity (Wildman–Crippen MR) is 138 cm³/mol. The number of aromatic hydroxyl groups is 2. The van der Waals surface area contributed by atoms with E-state index < -0.39 is 0 Å². The Morgan fingerprint density at radius 1 is 1.12 bits per heavy atom. The number of rotatable bonds is 9. The van der Waals surface area contributed by atoms with Gasteiger partial charge in [-0.2, -0.15) is 0 Å².